The van der Waals surface area contributed by atoms with Gasteiger partial charge in [0.2, 0.25) is 10.0 Å². The van der Waals surface area contributed by atoms with E-state index in [4.69, 9.17) is 4.74 Å². The molecule has 0 aromatic rings. The number of hydrogen-bond acceptors (Lipinski definition) is 5. The molecule has 1 N–H and O–H groups in total. The quantitative estimate of drug-likeness (QED) is 0.739. The van der Waals surface area contributed by atoms with Crippen LogP contribution in [0.3, 0.4) is 0 Å². The molecule has 1 aliphatic carbocycles. The highest BCUT2D eigenvalue weighted by molar-refractivity contribution is 7.92. The Balaban J connectivity index is 2.68. The van der Waals surface area contributed by atoms with Gasteiger partial charge in [-0.25, -0.2) is 17.9 Å². The van der Waals surface area contributed by atoms with E-state index in [0.717, 1.165) is 0 Å². The van der Waals surface area contributed by atoms with Crippen molar-refractivity contribution < 1.29 is 22.7 Å². The average molecular weight is 249 g/mol. The third-order valence-electron chi connectivity index (χ3n) is 2.11. The summed E-state index contributed by atoms with van der Waals surface area (Å²) in [6.45, 7) is 4.85. The van der Waals surface area contributed by atoms with Crippen LogP contribution in [0.15, 0.2) is 0 Å². The predicted octanol–water partition coefficient (Wildman–Crippen LogP) is 0.572. The van der Waals surface area contributed by atoms with Gasteiger partial charge in [0.25, 0.3) is 0 Å². The Morgan fingerprint density at radius 3 is 2.19 bits per heavy atom. The second-order valence-corrected chi connectivity index (χ2v) is 6.81. The summed E-state index contributed by atoms with van der Waals surface area (Å²) >= 11 is 0. The lowest BCUT2D eigenvalue weighted by Crippen LogP contribution is -2.43. The van der Waals surface area contributed by atoms with Crippen LogP contribution in [-0.4, -0.2) is 31.1 Å². The summed E-state index contributed by atoms with van der Waals surface area (Å²) < 4.78 is 28.3. The van der Waals surface area contributed by atoms with Gasteiger partial charge in [-0.3, -0.25) is 0 Å². The van der Waals surface area contributed by atoms with Gasteiger partial charge in [-0.05, 0) is 33.6 Å². The molecular formula is C9H15NO5S. The molecule has 1 rings (SSSR count). The minimum absolute atomic E-state index is 0.245. The lowest BCUT2D eigenvalue weighted by Gasteiger charge is -2.20. The fraction of sp³-hybridized carbons (Fsp3) is 0.778. The first-order valence-electron chi connectivity index (χ1n) is 4.84. The Morgan fingerprint density at radius 1 is 1.38 bits per heavy atom. The van der Waals surface area contributed by atoms with Gasteiger partial charge in [0, 0.05) is 0 Å². The molecule has 7 heteroatoms. The number of aldehydes is 1. The maximum absolute atomic E-state index is 11.6. The van der Waals surface area contributed by atoms with Gasteiger partial charge < -0.3 is 9.53 Å². The molecule has 1 aliphatic rings. The molecule has 0 radical (unpaired) electrons. The number of carbonyl (C=O) groups excluding carboxylic acids is 2. The van der Waals surface area contributed by atoms with Crippen LogP contribution in [0.1, 0.15) is 33.6 Å². The number of hydrogen-bond donors (Lipinski definition) is 1. The number of sulfonamides is 1. The molecule has 0 aliphatic heterocycles. The molecule has 92 valence electrons. The molecule has 0 aromatic heterocycles. The van der Waals surface area contributed by atoms with Gasteiger partial charge >= 0.3 is 6.09 Å². The SMILES string of the molecule is CC(C)(C)OC(=O)NS(=O)(=O)C1(C=O)CC1. The monoisotopic (exact) mass is 249 g/mol. The van der Waals surface area contributed by atoms with E-state index in [-0.39, 0.29) is 12.8 Å². The summed E-state index contributed by atoms with van der Waals surface area (Å²) in [5.74, 6) is 0. The van der Waals surface area contributed by atoms with Gasteiger partial charge in [0.15, 0.2) is 0 Å². The Kier molecular flexibility index (Phi) is 3.02. The van der Waals surface area contributed by atoms with E-state index in [1.165, 1.54) is 0 Å². The van der Waals surface area contributed by atoms with Crippen molar-refractivity contribution in [2.75, 3.05) is 0 Å². The van der Waals surface area contributed by atoms with Gasteiger partial charge in [-0.15, -0.1) is 0 Å². The third-order valence-corrected chi connectivity index (χ3v) is 4.12. The first kappa shape index (κ1) is 13.0. The molecule has 0 atom stereocenters. The number of rotatable bonds is 3. The number of ether oxygens (including phenoxy) is 1. The van der Waals surface area contributed by atoms with Crippen molar-refractivity contribution >= 4 is 22.4 Å². The Labute approximate surface area is 94.4 Å². The van der Waals surface area contributed by atoms with Crippen molar-refractivity contribution in [3.8, 4) is 0 Å². The topological polar surface area (TPSA) is 89.5 Å². The third kappa shape index (κ3) is 2.72. The van der Waals surface area contributed by atoms with Crippen LogP contribution >= 0.6 is 0 Å². The second-order valence-electron chi connectivity index (χ2n) is 4.79. The van der Waals surface area contributed by atoms with Crippen molar-refractivity contribution in [3.05, 3.63) is 0 Å². The summed E-state index contributed by atoms with van der Waals surface area (Å²) in [5, 5.41) is 0. The van der Waals surface area contributed by atoms with Crippen LogP contribution in [0.25, 0.3) is 0 Å². The largest absolute Gasteiger partial charge is 0.443 e. The smallest absolute Gasteiger partial charge is 0.421 e. The lowest BCUT2D eigenvalue weighted by molar-refractivity contribution is -0.108. The molecular weight excluding hydrogens is 234 g/mol. The Hall–Kier alpha value is -1.11. The van der Waals surface area contributed by atoms with Crippen LogP contribution in [0.2, 0.25) is 0 Å². The van der Waals surface area contributed by atoms with Crippen LogP contribution in [0.5, 0.6) is 0 Å². The van der Waals surface area contributed by atoms with E-state index >= 15 is 0 Å². The highest BCUT2D eigenvalue weighted by Crippen LogP contribution is 2.40. The zero-order valence-corrected chi connectivity index (χ0v) is 10.3. The summed E-state index contributed by atoms with van der Waals surface area (Å²) in [4.78, 5) is 21.9. The maximum Gasteiger partial charge on any atom is 0.421 e. The Morgan fingerprint density at radius 2 is 1.88 bits per heavy atom. The van der Waals surface area contributed by atoms with E-state index in [1.54, 1.807) is 25.5 Å². The van der Waals surface area contributed by atoms with E-state index in [0.29, 0.717) is 6.29 Å². The number of amides is 1. The first-order valence-corrected chi connectivity index (χ1v) is 6.32. The molecule has 1 amide bonds. The molecule has 0 saturated heterocycles. The van der Waals surface area contributed by atoms with E-state index in [9.17, 15) is 18.0 Å². The number of nitrogens with one attached hydrogen (secondary N) is 1. The van der Waals surface area contributed by atoms with E-state index in [2.05, 4.69) is 0 Å². The molecule has 0 aromatic carbocycles. The highest BCUT2D eigenvalue weighted by atomic mass is 32.2. The standard InChI is InChI=1S/C9H15NO5S/c1-8(2,3)15-7(12)10-16(13,14)9(6-11)4-5-9/h6H,4-5H2,1-3H3,(H,10,12). The molecule has 0 spiro atoms. The normalized spacial score (nSPS) is 18.7. The van der Waals surface area contributed by atoms with Crippen LogP contribution in [0.4, 0.5) is 4.79 Å². The summed E-state index contributed by atoms with van der Waals surface area (Å²) in [6.07, 6.45) is -0.205. The second kappa shape index (κ2) is 3.73. The van der Waals surface area contributed by atoms with Gasteiger partial charge in [-0.1, -0.05) is 0 Å². The average Bonchev–Trinajstić information content (AvgIpc) is 2.78. The molecule has 0 unspecified atom stereocenters. The van der Waals surface area contributed by atoms with Crippen molar-refractivity contribution in [2.24, 2.45) is 0 Å². The van der Waals surface area contributed by atoms with Gasteiger partial charge in [0.05, 0.1) is 0 Å². The van der Waals surface area contributed by atoms with E-state index in [1.807, 2.05) is 0 Å². The molecule has 1 fully saturated rings. The molecule has 0 heterocycles. The summed E-state index contributed by atoms with van der Waals surface area (Å²) in [7, 11) is -3.96. The molecule has 1 saturated carbocycles. The zero-order chi connectivity index (χ0) is 12.6. The lowest BCUT2D eigenvalue weighted by atomic mass is 10.2. The van der Waals surface area contributed by atoms with Crippen molar-refractivity contribution in [1.29, 1.82) is 0 Å². The van der Waals surface area contributed by atoms with Crippen molar-refractivity contribution in [2.45, 2.75) is 44.0 Å². The van der Waals surface area contributed by atoms with Crippen LogP contribution in [-0.2, 0) is 19.6 Å². The minimum Gasteiger partial charge on any atom is -0.443 e. The Bertz CT molecular complexity index is 402. The first-order chi connectivity index (χ1) is 7.12. The summed E-state index contributed by atoms with van der Waals surface area (Å²) in [5.41, 5.74) is -0.780. The fourth-order valence-electron chi connectivity index (χ4n) is 1.08. The highest BCUT2D eigenvalue weighted by Gasteiger charge is 2.56. The minimum atomic E-state index is -3.96. The molecule has 16 heavy (non-hydrogen) atoms. The predicted molar refractivity (Wildman–Crippen MR) is 56.3 cm³/mol. The number of carbonyl (C=O) groups is 2. The van der Waals surface area contributed by atoms with Crippen LogP contribution in [0, 0.1) is 0 Å². The van der Waals surface area contributed by atoms with Crippen molar-refractivity contribution in [3.63, 3.8) is 0 Å². The van der Waals surface area contributed by atoms with Gasteiger partial charge in [-0.2, -0.15) is 0 Å². The molecule has 0 bridgehead atoms. The van der Waals surface area contributed by atoms with Gasteiger partial charge in [0.1, 0.15) is 16.6 Å². The zero-order valence-electron chi connectivity index (χ0n) is 9.44. The van der Waals surface area contributed by atoms with E-state index < -0.39 is 26.5 Å². The van der Waals surface area contributed by atoms with Crippen molar-refractivity contribution in [1.82, 2.24) is 4.72 Å². The maximum atomic E-state index is 11.6. The summed E-state index contributed by atoms with van der Waals surface area (Å²) in [6, 6.07) is 0. The molecule has 6 nitrogen and oxygen atoms in total. The van der Waals surface area contributed by atoms with Crippen LogP contribution < -0.4 is 4.72 Å². The fourth-order valence-corrected chi connectivity index (χ4v) is 2.31.